The Morgan fingerprint density at radius 2 is 2.10 bits per heavy atom. The molecule has 0 radical (unpaired) electrons. The number of hydrogen-bond acceptors (Lipinski definition) is 5. The SMILES string of the molecule is C[C@H](OC(=O)N1CCC[C@H]1C(=O)NC[C@@H]1CC(Br)=NO1)c1ccc2ccccc2c1. The molecule has 0 unspecified atom stereocenters. The van der Waals surface area contributed by atoms with Crippen molar-refractivity contribution in [2.24, 2.45) is 5.16 Å². The second kappa shape index (κ2) is 9.04. The molecule has 1 saturated heterocycles. The molecule has 2 aliphatic heterocycles. The normalized spacial score (nSPS) is 21.8. The number of nitrogens with zero attached hydrogens (tertiary/aromatic N) is 2. The van der Waals surface area contributed by atoms with Gasteiger partial charge in [-0.2, -0.15) is 0 Å². The molecular weight excluding hydrogens is 450 g/mol. The molecule has 0 saturated carbocycles. The van der Waals surface area contributed by atoms with Gasteiger partial charge in [0.25, 0.3) is 0 Å². The first-order chi connectivity index (χ1) is 14.5. The van der Waals surface area contributed by atoms with Gasteiger partial charge in [-0.15, -0.1) is 0 Å². The number of carbonyl (C=O) groups excluding carboxylic acids is 2. The second-order valence-corrected chi connectivity index (χ2v) is 8.54. The predicted molar refractivity (Wildman–Crippen MR) is 117 cm³/mol. The lowest BCUT2D eigenvalue weighted by molar-refractivity contribution is -0.125. The first-order valence-corrected chi connectivity index (χ1v) is 10.9. The summed E-state index contributed by atoms with van der Waals surface area (Å²) >= 11 is 3.28. The highest BCUT2D eigenvalue weighted by Crippen LogP contribution is 2.25. The lowest BCUT2D eigenvalue weighted by atomic mass is 10.0. The zero-order valence-electron chi connectivity index (χ0n) is 16.7. The highest BCUT2D eigenvalue weighted by molar-refractivity contribution is 9.18. The van der Waals surface area contributed by atoms with Crippen molar-refractivity contribution in [3.05, 3.63) is 48.0 Å². The molecule has 0 spiro atoms. The van der Waals surface area contributed by atoms with Crippen LogP contribution in [0, 0.1) is 0 Å². The zero-order valence-corrected chi connectivity index (χ0v) is 18.3. The number of benzene rings is 2. The van der Waals surface area contributed by atoms with E-state index in [9.17, 15) is 9.59 Å². The van der Waals surface area contributed by atoms with Crippen LogP contribution in [0.15, 0.2) is 47.6 Å². The van der Waals surface area contributed by atoms with Crippen LogP contribution >= 0.6 is 15.9 Å². The zero-order chi connectivity index (χ0) is 21.1. The van der Waals surface area contributed by atoms with E-state index in [4.69, 9.17) is 9.57 Å². The Balaban J connectivity index is 1.34. The van der Waals surface area contributed by atoms with E-state index in [1.807, 2.05) is 49.4 Å². The highest BCUT2D eigenvalue weighted by Gasteiger charge is 2.36. The number of fused-ring (bicyclic) bond motifs is 1. The number of amides is 2. The molecule has 7 nitrogen and oxygen atoms in total. The van der Waals surface area contributed by atoms with E-state index in [0.717, 1.165) is 27.4 Å². The van der Waals surface area contributed by atoms with Gasteiger partial charge in [-0.05, 0) is 58.1 Å². The standard InChI is InChI=1S/C22H24BrN3O4/c1-14(16-9-8-15-5-2-3-6-17(15)11-16)29-22(28)26-10-4-7-19(26)21(27)24-13-18-12-20(23)25-30-18/h2-3,5-6,8-9,11,14,18-19H,4,7,10,12-13H2,1H3,(H,24,27)/t14-,18-,19-/m0/s1. The van der Waals surface area contributed by atoms with E-state index in [1.165, 1.54) is 4.90 Å². The monoisotopic (exact) mass is 473 g/mol. The largest absolute Gasteiger partial charge is 0.441 e. The first kappa shape index (κ1) is 20.7. The van der Waals surface area contributed by atoms with Crippen molar-refractivity contribution in [2.45, 2.75) is 44.4 Å². The predicted octanol–water partition coefficient (Wildman–Crippen LogP) is 4.12. The minimum absolute atomic E-state index is 0.182. The summed E-state index contributed by atoms with van der Waals surface area (Å²) in [6, 6.07) is 13.6. The van der Waals surface area contributed by atoms with E-state index < -0.39 is 18.2 Å². The molecule has 3 atom stereocenters. The smallest absolute Gasteiger partial charge is 0.411 e. The fourth-order valence-electron chi connectivity index (χ4n) is 3.84. The number of hydrogen-bond donors (Lipinski definition) is 1. The fraction of sp³-hybridized carbons (Fsp3) is 0.409. The molecular formula is C22H24BrN3O4. The van der Waals surface area contributed by atoms with Crippen LogP contribution in [0.3, 0.4) is 0 Å². The summed E-state index contributed by atoms with van der Waals surface area (Å²) in [7, 11) is 0. The summed E-state index contributed by atoms with van der Waals surface area (Å²) in [5, 5.41) is 8.92. The van der Waals surface area contributed by atoms with Gasteiger partial charge in [0.2, 0.25) is 5.91 Å². The van der Waals surface area contributed by atoms with Crippen LogP contribution in [-0.2, 0) is 14.4 Å². The molecule has 1 N–H and O–H groups in total. The molecule has 30 heavy (non-hydrogen) atoms. The highest BCUT2D eigenvalue weighted by atomic mass is 79.9. The molecule has 4 rings (SSSR count). The maximum absolute atomic E-state index is 12.8. The second-order valence-electron chi connectivity index (χ2n) is 7.63. The topological polar surface area (TPSA) is 80.2 Å². The van der Waals surface area contributed by atoms with Crippen molar-refractivity contribution < 1.29 is 19.2 Å². The molecule has 1 fully saturated rings. The van der Waals surface area contributed by atoms with E-state index in [2.05, 4.69) is 26.4 Å². The van der Waals surface area contributed by atoms with Gasteiger partial charge in [-0.3, -0.25) is 9.69 Å². The summed E-state index contributed by atoms with van der Waals surface area (Å²) in [5.41, 5.74) is 0.922. The van der Waals surface area contributed by atoms with Gasteiger partial charge in [0.05, 0.1) is 6.54 Å². The van der Waals surface area contributed by atoms with Gasteiger partial charge in [-0.25, -0.2) is 4.79 Å². The number of halogens is 1. The van der Waals surface area contributed by atoms with Crippen molar-refractivity contribution >= 4 is 43.3 Å². The average molecular weight is 474 g/mol. The Morgan fingerprint density at radius 1 is 1.30 bits per heavy atom. The number of nitrogens with one attached hydrogen (secondary N) is 1. The molecule has 2 aliphatic rings. The maximum Gasteiger partial charge on any atom is 0.411 e. The van der Waals surface area contributed by atoms with Crippen molar-refractivity contribution in [2.75, 3.05) is 13.1 Å². The Kier molecular flexibility index (Phi) is 6.22. The number of oxime groups is 1. The van der Waals surface area contributed by atoms with Crippen molar-refractivity contribution in [3.8, 4) is 0 Å². The maximum atomic E-state index is 12.8. The van der Waals surface area contributed by atoms with E-state index in [-0.39, 0.29) is 12.0 Å². The lowest BCUT2D eigenvalue weighted by Crippen LogP contribution is -2.47. The Bertz CT molecular complexity index is 980. The van der Waals surface area contributed by atoms with Crippen molar-refractivity contribution in [3.63, 3.8) is 0 Å². The van der Waals surface area contributed by atoms with E-state index in [0.29, 0.717) is 25.9 Å². The lowest BCUT2D eigenvalue weighted by Gasteiger charge is -2.25. The van der Waals surface area contributed by atoms with Gasteiger partial charge in [0.1, 0.15) is 16.8 Å². The third-order valence-corrected chi connectivity index (χ3v) is 5.98. The minimum atomic E-state index is -0.521. The summed E-state index contributed by atoms with van der Waals surface area (Å²) in [4.78, 5) is 32.1. The third-order valence-electron chi connectivity index (χ3n) is 5.51. The van der Waals surface area contributed by atoms with E-state index >= 15 is 0 Å². The van der Waals surface area contributed by atoms with Crippen LogP contribution < -0.4 is 5.32 Å². The minimum Gasteiger partial charge on any atom is -0.441 e. The van der Waals surface area contributed by atoms with Crippen LogP contribution in [0.25, 0.3) is 10.8 Å². The number of rotatable bonds is 5. The molecule has 0 aromatic heterocycles. The van der Waals surface area contributed by atoms with Crippen LogP contribution in [0.1, 0.15) is 37.9 Å². The average Bonchev–Trinajstić information content (AvgIpc) is 3.40. The van der Waals surface area contributed by atoms with Crippen LogP contribution in [0.5, 0.6) is 0 Å². The molecule has 2 amide bonds. The van der Waals surface area contributed by atoms with Gasteiger partial charge in [-0.1, -0.05) is 41.6 Å². The Morgan fingerprint density at radius 3 is 2.87 bits per heavy atom. The molecule has 2 aromatic rings. The van der Waals surface area contributed by atoms with Crippen LogP contribution in [-0.4, -0.2) is 46.8 Å². The van der Waals surface area contributed by atoms with Gasteiger partial charge in [0.15, 0.2) is 6.10 Å². The molecule has 0 bridgehead atoms. The number of carbonyl (C=O) groups is 2. The first-order valence-electron chi connectivity index (χ1n) is 10.1. The van der Waals surface area contributed by atoms with Crippen molar-refractivity contribution in [1.29, 1.82) is 0 Å². The summed E-state index contributed by atoms with van der Waals surface area (Å²) < 4.78 is 6.43. The molecule has 2 aromatic carbocycles. The number of ether oxygens (including phenoxy) is 1. The summed E-state index contributed by atoms with van der Waals surface area (Å²) in [5.74, 6) is -0.186. The van der Waals surface area contributed by atoms with E-state index in [1.54, 1.807) is 0 Å². The van der Waals surface area contributed by atoms with Gasteiger partial charge in [0, 0.05) is 13.0 Å². The fourth-order valence-corrected chi connectivity index (χ4v) is 4.29. The summed E-state index contributed by atoms with van der Waals surface area (Å²) in [6.07, 6.45) is 0.964. The van der Waals surface area contributed by atoms with Gasteiger partial charge >= 0.3 is 6.09 Å². The Labute approximate surface area is 183 Å². The quantitative estimate of drug-likeness (QED) is 0.708. The third kappa shape index (κ3) is 4.59. The molecule has 158 valence electrons. The van der Waals surface area contributed by atoms with Crippen molar-refractivity contribution in [1.82, 2.24) is 10.2 Å². The molecule has 0 aliphatic carbocycles. The van der Waals surface area contributed by atoms with Crippen LogP contribution in [0.4, 0.5) is 4.79 Å². The summed E-state index contributed by atoms with van der Waals surface area (Å²) in [6.45, 7) is 2.71. The molecule has 8 heteroatoms. The van der Waals surface area contributed by atoms with Gasteiger partial charge < -0.3 is 14.9 Å². The Hall–Kier alpha value is -2.61. The van der Waals surface area contributed by atoms with Crippen LogP contribution in [0.2, 0.25) is 0 Å². The number of likely N-dealkylation sites (tertiary alicyclic amines) is 1. The molecule has 2 heterocycles.